The van der Waals surface area contributed by atoms with Crippen LogP contribution in [-0.4, -0.2) is 32.7 Å². The van der Waals surface area contributed by atoms with Gasteiger partial charge in [0.2, 0.25) is 5.91 Å². The maximum atomic E-state index is 12.4. The van der Waals surface area contributed by atoms with Crippen LogP contribution < -0.4 is 16.6 Å². The molecule has 1 aliphatic rings. The molecule has 2 amide bonds. The second-order valence-corrected chi connectivity index (χ2v) is 5.21. The number of carbonyl (C=O) groups excluding carboxylic acids is 2. The van der Waals surface area contributed by atoms with Crippen molar-refractivity contribution in [1.82, 2.24) is 14.9 Å². The highest BCUT2D eigenvalue weighted by atomic mass is 16.2. The summed E-state index contributed by atoms with van der Waals surface area (Å²) in [6.07, 6.45) is -0.0273. The zero-order valence-electron chi connectivity index (χ0n) is 12.0. The van der Waals surface area contributed by atoms with Crippen LogP contribution in [0, 0.1) is 0 Å². The molecule has 2 heterocycles. The second kappa shape index (κ2) is 5.91. The van der Waals surface area contributed by atoms with Crippen molar-refractivity contribution >= 4 is 17.6 Å². The third-order valence-corrected chi connectivity index (χ3v) is 3.52. The molecule has 0 aliphatic carbocycles. The van der Waals surface area contributed by atoms with E-state index in [2.05, 4.69) is 10.3 Å². The van der Waals surface area contributed by atoms with Gasteiger partial charge in [0.15, 0.2) is 0 Å². The topological polar surface area (TPSA) is 115 Å². The van der Waals surface area contributed by atoms with Gasteiger partial charge in [-0.25, -0.2) is 4.79 Å². The van der Waals surface area contributed by atoms with E-state index >= 15 is 0 Å². The molecule has 1 aliphatic heterocycles. The Morgan fingerprint density at radius 1 is 1.09 bits per heavy atom. The van der Waals surface area contributed by atoms with E-state index < -0.39 is 17.3 Å². The van der Waals surface area contributed by atoms with Crippen molar-refractivity contribution in [3.05, 3.63) is 62.8 Å². The Morgan fingerprint density at radius 3 is 2.52 bits per heavy atom. The van der Waals surface area contributed by atoms with E-state index in [9.17, 15) is 19.2 Å². The molecule has 0 radical (unpaired) electrons. The Hall–Kier alpha value is -3.16. The van der Waals surface area contributed by atoms with Crippen molar-refractivity contribution in [2.45, 2.75) is 19.0 Å². The highest BCUT2D eigenvalue weighted by Gasteiger charge is 2.38. The van der Waals surface area contributed by atoms with Crippen LogP contribution in [0.4, 0.5) is 5.82 Å². The monoisotopic (exact) mass is 314 g/mol. The zero-order valence-corrected chi connectivity index (χ0v) is 12.0. The van der Waals surface area contributed by atoms with Gasteiger partial charge in [-0.3, -0.25) is 29.3 Å². The van der Waals surface area contributed by atoms with Gasteiger partial charge in [0.25, 0.3) is 11.5 Å². The van der Waals surface area contributed by atoms with E-state index in [0.717, 1.165) is 16.5 Å². The minimum absolute atomic E-state index is 0.0273. The normalized spacial score (nSPS) is 17.6. The number of hydrogen-bond acceptors (Lipinski definition) is 5. The molecule has 23 heavy (non-hydrogen) atoms. The van der Waals surface area contributed by atoms with Gasteiger partial charge in [0.1, 0.15) is 11.9 Å². The zero-order chi connectivity index (χ0) is 16.4. The molecule has 118 valence electrons. The molecular formula is C15H14N4O4. The van der Waals surface area contributed by atoms with Crippen LogP contribution in [0.15, 0.2) is 46.0 Å². The molecular weight excluding hydrogens is 300 g/mol. The number of aromatic nitrogens is 2. The van der Waals surface area contributed by atoms with Gasteiger partial charge < -0.3 is 5.32 Å². The molecule has 0 bridgehead atoms. The van der Waals surface area contributed by atoms with Crippen molar-refractivity contribution in [2.75, 3.05) is 5.32 Å². The number of anilines is 1. The van der Waals surface area contributed by atoms with Gasteiger partial charge >= 0.3 is 5.69 Å². The summed E-state index contributed by atoms with van der Waals surface area (Å²) in [6, 6.07) is 9.49. The number of likely N-dealkylation sites (tertiary alicyclic amines) is 1. The first kappa shape index (κ1) is 14.8. The van der Waals surface area contributed by atoms with Crippen LogP contribution in [0.2, 0.25) is 0 Å². The summed E-state index contributed by atoms with van der Waals surface area (Å²) >= 11 is 0. The summed E-state index contributed by atoms with van der Waals surface area (Å²) in [5.41, 5.74) is -0.425. The standard InChI is InChI=1S/C15H14N4O4/c20-12-7-11(17-15(23)18-12)16-10-6-13(21)19(14(10)22)8-9-4-2-1-3-5-9/h1-5,7,10H,6,8H2,(H3,16,17,18,20,23)/t10-/m0/s1. The number of carbonyl (C=O) groups is 2. The fourth-order valence-corrected chi connectivity index (χ4v) is 2.46. The number of imide groups is 1. The predicted octanol–water partition coefficient (Wildman–Crippen LogP) is -0.197. The lowest BCUT2D eigenvalue weighted by Crippen LogP contribution is -2.35. The van der Waals surface area contributed by atoms with Crippen molar-refractivity contribution in [3.63, 3.8) is 0 Å². The SMILES string of the molecule is O=C1C[C@H](Nc2cc(=O)[nH]c(=O)[nH]2)C(=O)N1Cc1ccccc1. The molecule has 3 N–H and O–H groups in total. The van der Waals surface area contributed by atoms with E-state index in [1.165, 1.54) is 0 Å². The average molecular weight is 314 g/mol. The molecule has 3 rings (SSSR count). The fraction of sp³-hybridized carbons (Fsp3) is 0.200. The van der Waals surface area contributed by atoms with E-state index in [0.29, 0.717) is 0 Å². The number of benzene rings is 1. The van der Waals surface area contributed by atoms with Crippen molar-refractivity contribution < 1.29 is 9.59 Å². The van der Waals surface area contributed by atoms with Gasteiger partial charge in [-0.05, 0) is 5.56 Å². The maximum Gasteiger partial charge on any atom is 0.327 e. The second-order valence-electron chi connectivity index (χ2n) is 5.21. The van der Waals surface area contributed by atoms with Crippen molar-refractivity contribution in [2.24, 2.45) is 0 Å². The maximum absolute atomic E-state index is 12.4. The Bertz CT molecular complexity index is 827. The number of hydrogen-bond donors (Lipinski definition) is 3. The molecule has 1 fully saturated rings. The third kappa shape index (κ3) is 3.20. The number of amides is 2. The van der Waals surface area contributed by atoms with Crippen molar-refractivity contribution in [3.8, 4) is 0 Å². The van der Waals surface area contributed by atoms with Crippen molar-refractivity contribution in [1.29, 1.82) is 0 Å². The Balaban J connectivity index is 1.75. The fourth-order valence-electron chi connectivity index (χ4n) is 2.46. The lowest BCUT2D eigenvalue weighted by molar-refractivity contribution is -0.139. The van der Waals surface area contributed by atoms with E-state index in [1.54, 1.807) is 0 Å². The average Bonchev–Trinajstić information content (AvgIpc) is 2.75. The lowest BCUT2D eigenvalue weighted by atomic mass is 10.2. The third-order valence-electron chi connectivity index (χ3n) is 3.52. The smallest absolute Gasteiger partial charge is 0.327 e. The molecule has 2 aromatic rings. The highest BCUT2D eigenvalue weighted by Crippen LogP contribution is 2.19. The first-order valence-electron chi connectivity index (χ1n) is 7.01. The summed E-state index contributed by atoms with van der Waals surface area (Å²) in [7, 11) is 0. The molecule has 1 saturated heterocycles. The minimum Gasteiger partial charge on any atom is -0.359 e. The molecule has 8 nitrogen and oxygen atoms in total. The van der Waals surface area contributed by atoms with Gasteiger partial charge in [-0.2, -0.15) is 0 Å². The van der Waals surface area contributed by atoms with Gasteiger partial charge in [0, 0.05) is 6.07 Å². The van der Waals surface area contributed by atoms with E-state index in [4.69, 9.17) is 0 Å². The molecule has 8 heteroatoms. The van der Waals surface area contributed by atoms with Crippen LogP contribution >= 0.6 is 0 Å². The predicted molar refractivity (Wildman–Crippen MR) is 81.7 cm³/mol. The molecule has 0 unspecified atom stereocenters. The van der Waals surface area contributed by atoms with E-state index in [-0.39, 0.29) is 30.6 Å². The summed E-state index contributed by atoms with van der Waals surface area (Å²) < 4.78 is 0. The first-order valence-corrected chi connectivity index (χ1v) is 7.01. The summed E-state index contributed by atoms with van der Waals surface area (Å²) in [5.74, 6) is -0.588. The quantitative estimate of drug-likeness (QED) is 0.676. The van der Waals surface area contributed by atoms with Crippen LogP contribution in [0.25, 0.3) is 0 Å². The minimum atomic E-state index is -0.802. The molecule has 0 spiro atoms. The summed E-state index contributed by atoms with van der Waals surface area (Å²) in [5, 5.41) is 2.73. The number of nitrogens with zero attached hydrogens (tertiary/aromatic N) is 1. The van der Waals surface area contributed by atoms with Gasteiger partial charge in [-0.1, -0.05) is 30.3 Å². The van der Waals surface area contributed by atoms with Crippen LogP contribution in [0.5, 0.6) is 0 Å². The van der Waals surface area contributed by atoms with Crippen LogP contribution in [0.1, 0.15) is 12.0 Å². The highest BCUT2D eigenvalue weighted by molar-refractivity contribution is 6.06. The van der Waals surface area contributed by atoms with Gasteiger partial charge in [-0.15, -0.1) is 0 Å². The van der Waals surface area contributed by atoms with Crippen LogP contribution in [-0.2, 0) is 16.1 Å². The van der Waals surface area contributed by atoms with Crippen LogP contribution in [0.3, 0.4) is 0 Å². The summed E-state index contributed by atoms with van der Waals surface area (Å²) in [4.78, 5) is 52.5. The Kier molecular flexibility index (Phi) is 3.80. The molecule has 0 saturated carbocycles. The Labute approximate surface area is 130 Å². The molecule has 1 aromatic heterocycles. The summed E-state index contributed by atoms with van der Waals surface area (Å²) in [6.45, 7) is 0.197. The largest absolute Gasteiger partial charge is 0.359 e. The van der Waals surface area contributed by atoms with E-state index in [1.807, 2.05) is 35.3 Å². The Morgan fingerprint density at radius 2 is 1.83 bits per heavy atom. The first-order chi connectivity index (χ1) is 11.0. The number of rotatable bonds is 4. The van der Waals surface area contributed by atoms with Gasteiger partial charge in [0.05, 0.1) is 13.0 Å². The molecule has 1 aromatic carbocycles. The lowest BCUT2D eigenvalue weighted by Gasteiger charge is -2.15. The number of aromatic amines is 2. The number of nitrogens with one attached hydrogen (secondary N) is 3. The molecule has 1 atom stereocenters. The number of H-pyrrole nitrogens is 2.